The van der Waals surface area contributed by atoms with Crippen LogP contribution in [0.2, 0.25) is 0 Å². The monoisotopic (exact) mass is 224 g/mol. The van der Waals surface area contributed by atoms with Crippen LogP contribution >= 0.6 is 0 Å². The average Bonchev–Trinajstić information content (AvgIpc) is 2.43. The topological polar surface area (TPSA) is 49.5 Å². The molecule has 16 heavy (non-hydrogen) atoms. The third kappa shape index (κ3) is 2.62. The minimum atomic E-state index is -0.0652. The molecule has 0 amide bonds. The predicted molar refractivity (Wildman–Crippen MR) is 61.0 cm³/mol. The van der Waals surface area contributed by atoms with Gasteiger partial charge in [-0.15, -0.1) is 0 Å². The van der Waals surface area contributed by atoms with Crippen LogP contribution < -0.4 is 0 Å². The van der Waals surface area contributed by atoms with Crippen LogP contribution in [0.4, 0.5) is 0 Å². The lowest BCUT2D eigenvalue weighted by Crippen LogP contribution is -2.36. The summed E-state index contributed by atoms with van der Waals surface area (Å²) >= 11 is 0. The van der Waals surface area contributed by atoms with Gasteiger partial charge in [0.2, 0.25) is 5.89 Å². The second-order valence-electron chi connectivity index (χ2n) is 4.94. The Morgan fingerprint density at radius 1 is 1.44 bits per heavy atom. The molecule has 0 radical (unpaired) electrons. The highest BCUT2D eigenvalue weighted by atomic mass is 16.4. The van der Waals surface area contributed by atoms with Crippen molar-refractivity contribution in [2.24, 2.45) is 5.92 Å². The van der Waals surface area contributed by atoms with Gasteiger partial charge in [0.1, 0.15) is 5.76 Å². The first-order valence-corrected chi connectivity index (χ1v) is 5.84. The van der Waals surface area contributed by atoms with Crippen LogP contribution in [0, 0.1) is 19.8 Å². The van der Waals surface area contributed by atoms with E-state index >= 15 is 0 Å². The van der Waals surface area contributed by atoms with Gasteiger partial charge in [-0.25, -0.2) is 4.98 Å². The number of hydrogen-bond donors (Lipinski definition) is 1. The normalized spacial score (nSPS) is 24.8. The van der Waals surface area contributed by atoms with Gasteiger partial charge < -0.3 is 9.52 Å². The SMILES string of the molecule is Cc1nc(CN(C)CC2CC(O)C2)oc1C. The van der Waals surface area contributed by atoms with E-state index in [1.807, 2.05) is 13.8 Å². The molecule has 4 heteroatoms. The number of hydrogen-bond acceptors (Lipinski definition) is 4. The highest BCUT2D eigenvalue weighted by Crippen LogP contribution is 2.27. The van der Waals surface area contributed by atoms with Crippen molar-refractivity contribution in [3.05, 3.63) is 17.3 Å². The van der Waals surface area contributed by atoms with Crippen molar-refractivity contribution in [2.75, 3.05) is 13.6 Å². The quantitative estimate of drug-likeness (QED) is 0.842. The summed E-state index contributed by atoms with van der Waals surface area (Å²) in [6.07, 6.45) is 1.81. The summed E-state index contributed by atoms with van der Waals surface area (Å²) in [5.41, 5.74) is 0.975. The molecular weight excluding hydrogens is 204 g/mol. The van der Waals surface area contributed by atoms with E-state index in [0.29, 0.717) is 5.92 Å². The van der Waals surface area contributed by atoms with Gasteiger partial charge in [0.15, 0.2) is 0 Å². The number of rotatable bonds is 4. The zero-order chi connectivity index (χ0) is 11.7. The number of oxazole rings is 1. The Morgan fingerprint density at radius 3 is 2.62 bits per heavy atom. The first kappa shape index (κ1) is 11.6. The van der Waals surface area contributed by atoms with Gasteiger partial charge in [0, 0.05) is 6.54 Å². The lowest BCUT2D eigenvalue weighted by molar-refractivity contribution is 0.0264. The zero-order valence-electron chi connectivity index (χ0n) is 10.2. The maximum atomic E-state index is 9.21. The molecule has 1 aliphatic rings. The Kier molecular flexibility index (Phi) is 3.30. The molecule has 1 aromatic heterocycles. The van der Waals surface area contributed by atoms with Crippen LogP contribution in [-0.4, -0.2) is 34.7 Å². The molecule has 0 spiro atoms. The van der Waals surface area contributed by atoms with Gasteiger partial charge in [-0.1, -0.05) is 0 Å². The largest absolute Gasteiger partial charge is 0.444 e. The first-order valence-electron chi connectivity index (χ1n) is 5.84. The Morgan fingerprint density at radius 2 is 2.12 bits per heavy atom. The molecule has 4 nitrogen and oxygen atoms in total. The van der Waals surface area contributed by atoms with E-state index in [2.05, 4.69) is 16.9 Å². The Balaban J connectivity index is 1.80. The number of nitrogens with zero attached hydrogens (tertiary/aromatic N) is 2. The fraction of sp³-hybridized carbons (Fsp3) is 0.750. The van der Waals surface area contributed by atoms with Crippen LogP contribution in [0.1, 0.15) is 30.2 Å². The molecule has 1 fully saturated rings. The highest BCUT2D eigenvalue weighted by Gasteiger charge is 2.28. The number of aromatic nitrogens is 1. The third-order valence-corrected chi connectivity index (χ3v) is 3.26. The van der Waals surface area contributed by atoms with E-state index in [1.54, 1.807) is 0 Å². The summed E-state index contributed by atoms with van der Waals surface area (Å²) < 4.78 is 5.54. The van der Waals surface area contributed by atoms with Crippen LogP contribution in [0.5, 0.6) is 0 Å². The Bertz CT molecular complexity index is 336. The van der Waals surface area contributed by atoms with E-state index in [0.717, 1.165) is 43.3 Å². The molecule has 0 bridgehead atoms. The molecule has 0 aromatic carbocycles. The minimum absolute atomic E-state index is 0.0652. The van der Waals surface area contributed by atoms with Crippen molar-refractivity contribution < 1.29 is 9.52 Å². The fourth-order valence-electron chi connectivity index (χ4n) is 2.19. The molecule has 0 saturated heterocycles. The summed E-state index contributed by atoms with van der Waals surface area (Å²) in [4.78, 5) is 6.57. The standard InChI is InChI=1S/C12H20N2O2/c1-8-9(2)16-12(13-8)7-14(3)6-10-4-11(15)5-10/h10-11,15H,4-7H2,1-3H3. The molecule has 1 aromatic rings. The van der Waals surface area contributed by atoms with E-state index in [1.165, 1.54) is 0 Å². The van der Waals surface area contributed by atoms with E-state index in [9.17, 15) is 5.11 Å². The van der Waals surface area contributed by atoms with E-state index in [-0.39, 0.29) is 6.10 Å². The van der Waals surface area contributed by atoms with Gasteiger partial charge in [0.25, 0.3) is 0 Å². The fourth-order valence-corrected chi connectivity index (χ4v) is 2.19. The molecule has 2 rings (SSSR count). The lowest BCUT2D eigenvalue weighted by Gasteiger charge is -2.34. The number of aryl methyl sites for hydroxylation is 2. The highest BCUT2D eigenvalue weighted by molar-refractivity contribution is 5.05. The van der Waals surface area contributed by atoms with E-state index in [4.69, 9.17) is 4.42 Å². The summed E-state index contributed by atoms with van der Waals surface area (Å²) in [6.45, 7) is 5.66. The van der Waals surface area contributed by atoms with Crippen molar-refractivity contribution in [3.63, 3.8) is 0 Å². The summed E-state index contributed by atoms with van der Waals surface area (Å²) in [7, 11) is 2.07. The summed E-state index contributed by atoms with van der Waals surface area (Å²) in [5, 5.41) is 9.21. The van der Waals surface area contributed by atoms with Crippen molar-refractivity contribution in [2.45, 2.75) is 39.3 Å². The van der Waals surface area contributed by atoms with Crippen LogP contribution in [-0.2, 0) is 6.54 Å². The van der Waals surface area contributed by atoms with E-state index < -0.39 is 0 Å². The van der Waals surface area contributed by atoms with Crippen molar-refractivity contribution in [3.8, 4) is 0 Å². The maximum absolute atomic E-state index is 9.21. The van der Waals surface area contributed by atoms with Crippen LogP contribution in [0.15, 0.2) is 4.42 Å². The van der Waals surface area contributed by atoms with Gasteiger partial charge in [-0.05, 0) is 39.7 Å². The predicted octanol–water partition coefficient (Wildman–Crippen LogP) is 1.49. The van der Waals surface area contributed by atoms with Gasteiger partial charge in [-0.2, -0.15) is 0 Å². The second kappa shape index (κ2) is 4.55. The molecule has 0 unspecified atom stereocenters. The van der Waals surface area contributed by atoms with Crippen molar-refractivity contribution in [1.82, 2.24) is 9.88 Å². The summed E-state index contributed by atoms with van der Waals surface area (Å²) in [5.74, 6) is 2.33. The molecular formula is C12H20N2O2. The molecule has 1 N–H and O–H groups in total. The van der Waals surface area contributed by atoms with Gasteiger partial charge in [-0.3, -0.25) is 4.90 Å². The van der Waals surface area contributed by atoms with Gasteiger partial charge >= 0.3 is 0 Å². The van der Waals surface area contributed by atoms with Gasteiger partial charge in [0.05, 0.1) is 18.3 Å². The van der Waals surface area contributed by atoms with Crippen LogP contribution in [0.3, 0.4) is 0 Å². The molecule has 90 valence electrons. The summed E-state index contributed by atoms with van der Waals surface area (Å²) in [6, 6.07) is 0. The molecule has 0 atom stereocenters. The molecule has 1 saturated carbocycles. The van der Waals surface area contributed by atoms with Crippen LogP contribution in [0.25, 0.3) is 0 Å². The lowest BCUT2D eigenvalue weighted by atomic mass is 9.82. The number of aliphatic hydroxyl groups excluding tert-OH is 1. The third-order valence-electron chi connectivity index (χ3n) is 3.26. The first-order chi connectivity index (χ1) is 7.54. The number of aliphatic hydroxyl groups is 1. The average molecular weight is 224 g/mol. The van der Waals surface area contributed by atoms with Crippen molar-refractivity contribution >= 4 is 0 Å². The minimum Gasteiger partial charge on any atom is -0.444 e. The molecule has 1 heterocycles. The maximum Gasteiger partial charge on any atom is 0.208 e. The smallest absolute Gasteiger partial charge is 0.208 e. The molecule has 0 aliphatic heterocycles. The Labute approximate surface area is 96.3 Å². The zero-order valence-corrected chi connectivity index (χ0v) is 10.2. The van der Waals surface area contributed by atoms with Crippen molar-refractivity contribution in [1.29, 1.82) is 0 Å². The molecule has 1 aliphatic carbocycles. The Hall–Kier alpha value is -0.870. The second-order valence-corrected chi connectivity index (χ2v) is 4.94.